The number of hydrogen-bond donors (Lipinski definition) is 1. The molecule has 0 bridgehead atoms. The minimum absolute atomic E-state index is 0.0397. The van der Waals surface area contributed by atoms with E-state index in [9.17, 15) is 26.4 Å². The minimum atomic E-state index is -4.54. The fourth-order valence-electron chi connectivity index (χ4n) is 3.38. The molecule has 1 aromatic carbocycles. The molecule has 168 valence electrons. The van der Waals surface area contributed by atoms with E-state index in [1.165, 1.54) is 10.5 Å². The van der Waals surface area contributed by atoms with Crippen molar-refractivity contribution >= 4 is 21.7 Å². The molecule has 0 radical (unpaired) electrons. The second kappa shape index (κ2) is 8.83. The molecular weight excluding hydrogens is 433 g/mol. The summed E-state index contributed by atoms with van der Waals surface area (Å²) in [6.07, 6.45) is -3.07. The van der Waals surface area contributed by atoms with Gasteiger partial charge in [-0.1, -0.05) is 0 Å². The summed E-state index contributed by atoms with van der Waals surface area (Å²) in [6.45, 7) is 4.61. The normalized spacial score (nSPS) is 18.1. The first-order chi connectivity index (χ1) is 14.5. The lowest BCUT2D eigenvalue weighted by atomic mass is 10.1. The third kappa shape index (κ3) is 4.99. The topological polar surface area (TPSA) is 82.6 Å². The van der Waals surface area contributed by atoms with Gasteiger partial charge >= 0.3 is 6.18 Å². The highest BCUT2D eigenvalue weighted by molar-refractivity contribution is 7.89. The van der Waals surface area contributed by atoms with Gasteiger partial charge in [-0.25, -0.2) is 13.4 Å². The van der Waals surface area contributed by atoms with Crippen molar-refractivity contribution in [3.63, 3.8) is 0 Å². The molecule has 3 rings (SSSR count). The number of benzene rings is 1. The van der Waals surface area contributed by atoms with Gasteiger partial charge in [0.25, 0.3) is 5.91 Å². The molecule has 2 heterocycles. The minimum Gasteiger partial charge on any atom is -0.370 e. The Labute approximate surface area is 178 Å². The van der Waals surface area contributed by atoms with Crippen LogP contribution in [0, 0.1) is 0 Å². The number of carbonyl (C=O) groups is 1. The van der Waals surface area contributed by atoms with Crippen LogP contribution in [0.4, 0.5) is 19.0 Å². The van der Waals surface area contributed by atoms with Crippen LogP contribution in [0.2, 0.25) is 0 Å². The van der Waals surface area contributed by atoms with E-state index in [4.69, 9.17) is 0 Å². The predicted molar refractivity (Wildman–Crippen MR) is 109 cm³/mol. The zero-order valence-corrected chi connectivity index (χ0v) is 17.9. The number of carbonyl (C=O) groups excluding carboxylic acids is 1. The van der Waals surface area contributed by atoms with E-state index >= 15 is 0 Å². The molecule has 1 N–H and O–H groups in total. The van der Waals surface area contributed by atoms with E-state index in [1.54, 1.807) is 24.0 Å². The van der Waals surface area contributed by atoms with E-state index in [0.717, 1.165) is 24.3 Å². The summed E-state index contributed by atoms with van der Waals surface area (Å²) in [7, 11) is -3.98. The number of hydrogen-bond acceptors (Lipinski definition) is 5. The molecule has 0 saturated carbocycles. The van der Waals surface area contributed by atoms with Crippen molar-refractivity contribution in [3.05, 3.63) is 53.7 Å². The Hall–Kier alpha value is -2.66. The number of alkyl halides is 3. The lowest BCUT2D eigenvalue weighted by Crippen LogP contribution is -2.55. The van der Waals surface area contributed by atoms with Gasteiger partial charge in [0, 0.05) is 38.4 Å². The number of pyridine rings is 1. The van der Waals surface area contributed by atoms with Gasteiger partial charge in [0.1, 0.15) is 5.82 Å². The maximum absolute atomic E-state index is 12.9. The Balaban J connectivity index is 1.70. The van der Waals surface area contributed by atoms with Crippen LogP contribution in [0.5, 0.6) is 0 Å². The molecule has 1 atom stereocenters. The smallest absolute Gasteiger partial charge is 0.370 e. The van der Waals surface area contributed by atoms with Crippen molar-refractivity contribution in [2.75, 3.05) is 31.5 Å². The van der Waals surface area contributed by atoms with Crippen LogP contribution >= 0.6 is 0 Å². The van der Waals surface area contributed by atoms with Crippen LogP contribution < -0.4 is 5.32 Å². The van der Waals surface area contributed by atoms with E-state index in [1.807, 2.05) is 6.92 Å². The Morgan fingerprint density at radius 3 is 2.35 bits per heavy atom. The van der Waals surface area contributed by atoms with Crippen molar-refractivity contribution in [2.45, 2.75) is 31.0 Å². The predicted octanol–water partition coefficient (Wildman–Crippen LogP) is 3.07. The number of piperazine rings is 1. The van der Waals surface area contributed by atoms with E-state index in [0.29, 0.717) is 17.9 Å². The standard InChI is InChI=1S/C20H23F3N4O3S/c1-3-24-18-9-4-15(12-25-18)19(28)27-11-10-26(13-14(27)2)31(29,30)17-7-5-16(6-8-17)20(21,22)23/h4-9,12,14H,3,10-11,13H2,1-2H3,(H,24,25). The van der Waals surface area contributed by atoms with Crippen molar-refractivity contribution in [3.8, 4) is 0 Å². The fraction of sp³-hybridized carbons (Fsp3) is 0.400. The molecule has 0 aliphatic carbocycles. The summed E-state index contributed by atoms with van der Waals surface area (Å²) in [6, 6.07) is 6.35. The van der Waals surface area contributed by atoms with Crippen LogP contribution in [0.3, 0.4) is 0 Å². The zero-order chi connectivity index (χ0) is 22.8. The highest BCUT2D eigenvalue weighted by atomic mass is 32.2. The first-order valence-electron chi connectivity index (χ1n) is 9.72. The Kier molecular flexibility index (Phi) is 6.56. The Morgan fingerprint density at radius 1 is 1.16 bits per heavy atom. The quantitative estimate of drug-likeness (QED) is 0.748. The lowest BCUT2D eigenvalue weighted by molar-refractivity contribution is -0.137. The van der Waals surface area contributed by atoms with Gasteiger partial charge < -0.3 is 10.2 Å². The van der Waals surface area contributed by atoms with Gasteiger partial charge in [-0.05, 0) is 50.2 Å². The van der Waals surface area contributed by atoms with Crippen molar-refractivity contribution in [1.82, 2.24) is 14.2 Å². The molecule has 1 amide bonds. The first kappa shape index (κ1) is 23.0. The maximum Gasteiger partial charge on any atom is 0.416 e. The van der Waals surface area contributed by atoms with Crippen molar-refractivity contribution in [2.24, 2.45) is 0 Å². The molecule has 1 unspecified atom stereocenters. The van der Waals surface area contributed by atoms with Gasteiger partial charge in [-0.3, -0.25) is 4.79 Å². The van der Waals surface area contributed by atoms with Crippen molar-refractivity contribution < 1.29 is 26.4 Å². The Bertz CT molecular complexity index is 1030. The summed E-state index contributed by atoms with van der Waals surface area (Å²) in [5.74, 6) is 0.397. The van der Waals surface area contributed by atoms with Crippen molar-refractivity contribution in [1.29, 1.82) is 0 Å². The third-order valence-electron chi connectivity index (χ3n) is 5.04. The van der Waals surface area contributed by atoms with Crippen LogP contribution in [0.15, 0.2) is 47.5 Å². The fourth-order valence-corrected chi connectivity index (χ4v) is 4.89. The average molecular weight is 456 g/mol. The highest BCUT2D eigenvalue weighted by Crippen LogP contribution is 2.30. The number of nitrogens with one attached hydrogen (secondary N) is 1. The number of amides is 1. The SMILES string of the molecule is CCNc1ccc(C(=O)N2CCN(S(=O)(=O)c3ccc(C(F)(F)F)cc3)CC2C)cn1. The molecule has 1 aromatic heterocycles. The highest BCUT2D eigenvalue weighted by Gasteiger charge is 2.35. The molecule has 2 aromatic rings. The van der Waals surface area contributed by atoms with Gasteiger partial charge in [-0.15, -0.1) is 0 Å². The largest absolute Gasteiger partial charge is 0.416 e. The number of nitrogens with zero attached hydrogens (tertiary/aromatic N) is 3. The van der Waals surface area contributed by atoms with Gasteiger partial charge in [0.15, 0.2) is 0 Å². The lowest BCUT2D eigenvalue weighted by Gasteiger charge is -2.39. The van der Waals surface area contributed by atoms with E-state index in [-0.39, 0.29) is 30.4 Å². The molecule has 0 spiro atoms. The molecule has 31 heavy (non-hydrogen) atoms. The van der Waals surface area contributed by atoms with Crippen LogP contribution in [-0.4, -0.2) is 60.7 Å². The summed E-state index contributed by atoms with van der Waals surface area (Å²) in [4.78, 5) is 18.4. The van der Waals surface area contributed by atoms with Gasteiger partial charge in [0.2, 0.25) is 10.0 Å². The number of halogens is 3. The molecule has 1 aliphatic heterocycles. The van der Waals surface area contributed by atoms with E-state index in [2.05, 4.69) is 10.3 Å². The zero-order valence-electron chi connectivity index (χ0n) is 17.1. The van der Waals surface area contributed by atoms with Gasteiger partial charge in [-0.2, -0.15) is 17.5 Å². The van der Waals surface area contributed by atoms with Crippen LogP contribution in [0.25, 0.3) is 0 Å². The first-order valence-corrected chi connectivity index (χ1v) is 11.2. The molecule has 11 heteroatoms. The summed E-state index contributed by atoms with van der Waals surface area (Å²) >= 11 is 0. The maximum atomic E-state index is 12.9. The van der Waals surface area contributed by atoms with Gasteiger partial charge in [0.05, 0.1) is 16.0 Å². The molecule has 1 fully saturated rings. The second-order valence-corrected chi connectivity index (χ2v) is 9.13. The number of aromatic nitrogens is 1. The molecule has 1 saturated heterocycles. The summed E-state index contributed by atoms with van der Waals surface area (Å²) < 4.78 is 65.1. The third-order valence-corrected chi connectivity index (χ3v) is 6.92. The second-order valence-electron chi connectivity index (χ2n) is 7.20. The molecular formula is C20H23F3N4O3S. The number of sulfonamides is 1. The Morgan fingerprint density at radius 2 is 1.84 bits per heavy atom. The monoisotopic (exact) mass is 456 g/mol. The van der Waals surface area contributed by atoms with E-state index < -0.39 is 27.8 Å². The summed E-state index contributed by atoms with van der Waals surface area (Å²) in [5.41, 5.74) is -0.517. The van der Waals surface area contributed by atoms with Crippen LogP contribution in [-0.2, 0) is 16.2 Å². The average Bonchev–Trinajstić information content (AvgIpc) is 2.73. The molecule has 1 aliphatic rings. The number of rotatable bonds is 5. The van der Waals surface area contributed by atoms with Crippen LogP contribution in [0.1, 0.15) is 29.8 Å². The summed E-state index contributed by atoms with van der Waals surface area (Å²) in [5, 5.41) is 3.04. The number of anilines is 1. The molecule has 7 nitrogen and oxygen atoms in total.